The first kappa shape index (κ1) is 19.0. The van der Waals surface area contributed by atoms with E-state index in [-0.39, 0.29) is 17.1 Å². The van der Waals surface area contributed by atoms with E-state index in [9.17, 15) is 4.79 Å². The van der Waals surface area contributed by atoms with Gasteiger partial charge in [0.05, 0.1) is 5.54 Å². The standard InChI is InChI=1S/C24H31N3O/c1-26(2)24(21-11-7-4-8-12-21)16-14-23(15-17-24)19-27(22(28)25-23)18-13-20-9-5-3-6-10-20/h3-12H,13-19H2,1-2H3,(H,25,28)/t23-,24-. The highest BCUT2D eigenvalue weighted by atomic mass is 16.2. The Balaban J connectivity index is 1.43. The Hall–Kier alpha value is -2.33. The first-order valence-corrected chi connectivity index (χ1v) is 10.4. The predicted octanol–water partition coefficient (Wildman–Crippen LogP) is 4.02. The Morgan fingerprint density at radius 1 is 0.929 bits per heavy atom. The monoisotopic (exact) mass is 377 g/mol. The number of rotatable bonds is 5. The summed E-state index contributed by atoms with van der Waals surface area (Å²) in [6.07, 6.45) is 5.09. The number of nitrogens with zero attached hydrogens (tertiary/aromatic N) is 2. The highest BCUT2D eigenvalue weighted by molar-refractivity contribution is 5.78. The third-order valence-corrected chi connectivity index (χ3v) is 6.87. The van der Waals surface area contributed by atoms with Crippen LogP contribution in [0.2, 0.25) is 0 Å². The fourth-order valence-corrected chi connectivity index (χ4v) is 5.04. The molecule has 1 aliphatic heterocycles. The van der Waals surface area contributed by atoms with Crippen molar-refractivity contribution in [3.8, 4) is 0 Å². The maximum absolute atomic E-state index is 12.6. The van der Waals surface area contributed by atoms with E-state index in [0.29, 0.717) is 0 Å². The molecule has 1 aliphatic carbocycles. The Bertz CT molecular complexity index is 795. The second kappa shape index (κ2) is 7.59. The molecule has 0 radical (unpaired) electrons. The molecule has 2 fully saturated rings. The molecule has 2 aromatic carbocycles. The van der Waals surface area contributed by atoms with Gasteiger partial charge in [-0.3, -0.25) is 4.90 Å². The van der Waals surface area contributed by atoms with Crippen LogP contribution in [0.5, 0.6) is 0 Å². The van der Waals surface area contributed by atoms with Crippen LogP contribution in [0.3, 0.4) is 0 Å². The molecule has 148 valence electrons. The topological polar surface area (TPSA) is 35.6 Å². The highest BCUT2D eigenvalue weighted by Gasteiger charge is 2.49. The second-order valence-electron chi connectivity index (χ2n) is 8.66. The molecular formula is C24H31N3O. The molecule has 0 aromatic heterocycles. The lowest BCUT2D eigenvalue weighted by atomic mass is 9.69. The molecule has 2 aliphatic rings. The largest absolute Gasteiger partial charge is 0.331 e. The summed E-state index contributed by atoms with van der Waals surface area (Å²) in [5.41, 5.74) is 2.67. The molecule has 1 spiro atoms. The minimum absolute atomic E-state index is 0.0642. The highest BCUT2D eigenvalue weighted by Crippen LogP contribution is 2.45. The lowest BCUT2D eigenvalue weighted by Gasteiger charge is -2.48. The van der Waals surface area contributed by atoms with E-state index in [1.807, 2.05) is 11.0 Å². The molecule has 4 heteroatoms. The molecule has 4 nitrogen and oxygen atoms in total. The van der Waals surface area contributed by atoms with Crippen molar-refractivity contribution >= 4 is 6.03 Å². The van der Waals surface area contributed by atoms with Gasteiger partial charge >= 0.3 is 6.03 Å². The molecular weight excluding hydrogens is 346 g/mol. The Kier molecular flexibility index (Phi) is 5.15. The van der Waals surface area contributed by atoms with Crippen molar-refractivity contribution in [1.29, 1.82) is 0 Å². The number of carbonyl (C=O) groups excluding carboxylic acids is 1. The van der Waals surface area contributed by atoms with Crippen LogP contribution in [0.1, 0.15) is 36.8 Å². The number of hydrogen-bond acceptors (Lipinski definition) is 2. The van der Waals surface area contributed by atoms with Crippen molar-refractivity contribution in [2.45, 2.75) is 43.2 Å². The first-order valence-electron chi connectivity index (χ1n) is 10.4. The van der Waals surface area contributed by atoms with Gasteiger partial charge in [-0.15, -0.1) is 0 Å². The minimum atomic E-state index is -0.0674. The summed E-state index contributed by atoms with van der Waals surface area (Å²) in [6, 6.07) is 21.4. The number of benzene rings is 2. The van der Waals surface area contributed by atoms with Crippen LogP contribution < -0.4 is 5.32 Å². The number of hydrogen-bond donors (Lipinski definition) is 1. The van der Waals surface area contributed by atoms with Crippen LogP contribution >= 0.6 is 0 Å². The normalized spacial score (nSPS) is 27.4. The summed E-state index contributed by atoms with van der Waals surface area (Å²) >= 11 is 0. The average molecular weight is 378 g/mol. The summed E-state index contributed by atoms with van der Waals surface area (Å²) in [7, 11) is 4.37. The SMILES string of the molecule is CN(C)[C@]1(c2ccccc2)CC[C@@]2(CC1)CN(CCc1ccccc1)C(=O)N2. The van der Waals surface area contributed by atoms with Gasteiger partial charge in [0.1, 0.15) is 0 Å². The van der Waals surface area contributed by atoms with E-state index < -0.39 is 0 Å². The van der Waals surface area contributed by atoms with Crippen LogP contribution in [0.25, 0.3) is 0 Å². The Morgan fingerprint density at radius 2 is 1.54 bits per heavy atom. The van der Waals surface area contributed by atoms with E-state index in [2.05, 4.69) is 78.9 Å². The van der Waals surface area contributed by atoms with E-state index in [0.717, 1.165) is 45.2 Å². The number of carbonyl (C=O) groups is 1. The summed E-state index contributed by atoms with van der Waals surface area (Å²) in [5.74, 6) is 0. The smallest absolute Gasteiger partial charge is 0.317 e. The van der Waals surface area contributed by atoms with Gasteiger partial charge in [-0.25, -0.2) is 4.79 Å². The van der Waals surface area contributed by atoms with Gasteiger partial charge in [0, 0.05) is 18.6 Å². The van der Waals surface area contributed by atoms with Gasteiger partial charge < -0.3 is 10.2 Å². The number of nitrogens with one attached hydrogen (secondary N) is 1. The Labute approximate surface area is 168 Å². The molecule has 2 amide bonds. The lowest BCUT2D eigenvalue weighted by Crippen LogP contribution is -2.54. The maximum Gasteiger partial charge on any atom is 0.317 e. The fraction of sp³-hybridized carbons (Fsp3) is 0.458. The second-order valence-corrected chi connectivity index (χ2v) is 8.66. The van der Waals surface area contributed by atoms with Crippen molar-refractivity contribution < 1.29 is 4.79 Å². The van der Waals surface area contributed by atoms with E-state index >= 15 is 0 Å². The molecule has 0 unspecified atom stereocenters. The van der Waals surface area contributed by atoms with Crippen LogP contribution in [-0.4, -0.2) is 48.6 Å². The number of amides is 2. The summed E-state index contributed by atoms with van der Waals surface area (Å²) < 4.78 is 0. The molecule has 4 rings (SSSR count). The van der Waals surface area contributed by atoms with Gasteiger partial charge in [-0.1, -0.05) is 60.7 Å². The zero-order valence-corrected chi connectivity index (χ0v) is 17.0. The van der Waals surface area contributed by atoms with Gasteiger partial charge in [0.2, 0.25) is 0 Å². The molecule has 0 atom stereocenters. The third-order valence-electron chi connectivity index (χ3n) is 6.87. The molecule has 1 heterocycles. The first-order chi connectivity index (χ1) is 13.5. The Morgan fingerprint density at radius 3 is 2.14 bits per heavy atom. The van der Waals surface area contributed by atoms with E-state index in [1.54, 1.807) is 0 Å². The average Bonchev–Trinajstić information content (AvgIpc) is 3.03. The third kappa shape index (κ3) is 3.53. The minimum Gasteiger partial charge on any atom is -0.331 e. The summed E-state index contributed by atoms with van der Waals surface area (Å²) in [4.78, 5) is 17.0. The van der Waals surface area contributed by atoms with Crippen LogP contribution in [0.15, 0.2) is 60.7 Å². The summed E-state index contributed by atoms with van der Waals surface area (Å²) in [5, 5.41) is 3.35. The quantitative estimate of drug-likeness (QED) is 0.854. The fourth-order valence-electron chi connectivity index (χ4n) is 5.04. The maximum atomic E-state index is 12.6. The van der Waals surface area contributed by atoms with Crippen LogP contribution in [-0.2, 0) is 12.0 Å². The summed E-state index contributed by atoms with van der Waals surface area (Å²) in [6.45, 7) is 1.62. The van der Waals surface area contributed by atoms with E-state index in [1.165, 1.54) is 11.1 Å². The molecule has 0 bridgehead atoms. The van der Waals surface area contributed by atoms with Crippen molar-refractivity contribution in [2.75, 3.05) is 27.2 Å². The van der Waals surface area contributed by atoms with Crippen LogP contribution in [0.4, 0.5) is 4.79 Å². The van der Waals surface area contributed by atoms with Gasteiger partial charge in [0.15, 0.2) is 0 Å². The zero-order valence-electron chi connectivity index (χ0n) is 17.0. The molecule has 2 aromatic rings. The lowest BCUT2D eigenvalue weighted by molar-refractivity contribution is 0.0620. The zero-order chi connectivity index (χ0) is 19.6. The molecule has 28 heavy (non-hydrogen) atoms. The van der Waals surface area contributed by atoms with Crippen molar-refractivity contribution in [3.05, 3.63) is 71.8 Å². The van der Waals surface area contributed by atoms with E-state index in [4.69, 9.17) is 0 Å². The van der Waals surface area contributed by atoms with Crippen molar-refractivity contribution in [1.82, 2.24) is 15.1 Å². The van der Waals surface area contributed by atoms with Crippen molar-refractivity contribution in [3.63, 3.8) is 0 Å². The van der Waals surface area contributed by atoms with Gasteiger partial charge in [0.25, 0.3) is 0 Å². The molecule has 1 saturated heterocycles. The predicted molar refractivity (Wildman–Crippen MR) is 113 cm³/mol. The van der Waals surface area contributed by atoms with Gasteiger partial charge in [-0.2, -0.15) is 0 Å². The molecule has 1 saturated carbocycles. The van der Waals surface area contributed by atoms with Gasteiger partial charge in [-0.05, 0) is 57.3 Å². The van der Waals surface area contributed by atoms with Crippen molar-refractivity contribution in [2.24, 2.45) is 0 Å². The molecule has 1 N–H and O–H groups in total. The van der Waals surface area contributed by atoms with Crippen LogP contribution in [0, 0.1) is 0 Å². The number of urea groups is 1.